The second-order valence-corrected chi connectivity index (χ2v) is 2.53. The molecule has 1 heterocycles. The maximum absolute atomic E-state index is 11.1. The van der Waals surface area contributed by atoms with E-state index in [0.717, 1.165) is 19.2 Å². The lowest BCUT2D eigenvalue weighted by Gasteiger charge is -2.00. The Morgan fingerprint density at radius 1 is 1.53 bits per heavy atom. The van der Waals surface area contributed by atoms with Gasteiger partial charge in [-0.05, 0) is 12.1 Å². The lowest BCUT2D eigenvalue weighted by atomic mass is 10.2. The Bertz CT molecular complexity index is 462. The third-order valence-corrected chi connectivity index (χ3v) is 1.58. The van der Waals surface area contributed by atoms with E-state index in [1.807, 2.05) is 0 Å². The fourth-order valence-corrected chi connectivity index (χ4v) is 0.920. The van der Waals surface area contributed by atoms with Crippen molar-refractivity contribution in [1.29, 1.82) is 5.26 Å². The molecule has 0 fully saturated rings. The monoisotopic (exact) mass is 206 g/mol. The number of carbonyl (C=O) groups is 2. The predicted molar refractivity (Wildman–Crippen MR) is 47.3 cm³/mol. The number of nitriles is 1. The minimum absolute atomic E-state index is 0.143. The van der Waals surface area contributed by atoms with Crippen LogP contribution in [0.4, 0.5) is 0 Å². The maximum Gasteiger partial charge on any atom is 0.356 e. The number of aromatic carboxylic acids is 1. The number of methoxy groups -OCH3 is 1. The molecular weight excluding hydrogens is 200 g/mol. The lowest BCUT2D eigenvalue weighted by molar-refractivity contribution is 0.0594. The molecule has 0 unspecified atom stereocenters. The first kappa shape index (κ1) is 10.7. The smallest absolute Gasteiger partial charge is 0.356 e. The molecule has 0 radical (unpaired) electrons. The van der Waals surface area contributed by atoms with Crippen molar-refractivity contribution in [1.82, 2.24) is 4.98 Å². The van der Waals surface area contributed by atoms with Gasteiger partial charge in [0.25, 0.3) is 0 Å². The number of rotatable bonds is 2. The zero-order valence-electron chi connectivity index (χ0n) is 7.72. The van der Waals surface area contributed by atoms with Crippen LogP contribution in [0.15, 0.2) is 12.1 Å². The van der Waals surface area contributed by atoms with Gasteiger partial charge in [-0.3, -0.25) is 0 Å². The minimum atomic E-state index is -1.24. The Morgan fingerprint density at radius 3 is 2.67 bits per heavy atom. The van der Waals surface area contributed by atoms with Crippen molar-refractivity contribution in [3.05, 3.63) is 29.1 Å². The summed E-state index contributed by atoms with van der Waals surface area (Å²) in [7, 11) is 1.14. The summed E-state index contributed by atoms with van der Waals surface area (Å²) in [5.74, 6) is -2.02. The van der Waals surface area contributed by atoms with Crippen molar-refractivity contribution in [2.75, 3.05) is 7.11 Å². The molecule has 0 atom stereocenters. The Hall–Kier alpha value is -2.42. The number of hydrogen-bond donors (Lipinski definition) is 1. The van der Waals surface area contributed by atoms with Gasteiger partial charge in [-0.2, -0.15) is 5.26 Å². The molecule has 0 bridgehead atoms. The van der Waals surface area contributed by atoms with Gasteiger partial charge in [0.05, 0.1) is 12.7 Å². The van der Waals surface area contributed by atoms with Gasteiger partial charge in [-0.1, -0.05) is 0 Å². The van der Waals surface area contributed by atoms with Gasteiger partial charge in [-0.15, -0.1) is 0 Å². The van der Waals surface area contributed by atoms with Gasteiger partial charge in [0.1, 0.15) is 11.8 Å². The van der Waals surface area contributed by atoms with Crippen LogP contribution >= 0.6 is 0 Å². The molecule has 15 heavy (non-hydrogen) atoms. The van der Waals surface area contributed by atoms with Crippen molar-refractivity contribution in [2.45, 2.75) is 0 Å². The molecule has 0 aliphatic rings. The highest BCUT2D eigenvalue weighted by molar-refractivity contribution is 5.93. The third-order valence-electron chi connectivity index (χ3n) is 1.58. The molecule has 0 saturated heterocycles. The third kappa shape index (κ3) is 2.28. The molecule has 0 aliphatic carbocycles. The number of ether oxygens (including phenoxy) is 1. The SMILES string of the molecule is COC(=O)c1cc(C(=O)O)cc(C#N)n1. The first-order valence-electron chi connectivity index (χ1n) is 3.82. The van der Waals surface area contributed by atoms with Crippen molar-refractivity contribution in [3.8, 4) is 6.07 Å². The van der Waals surface area contributed by atoms with E-state index >= 15 is 0 Å². The average Bonchev–Trinajstić information content (AvgIpc) is 2.27. The number of carboxylic acids is 1. The van der Waals surface area contributed by atoms with Crippen molar-refractivity contribution >= 4 is 11.9 Å². The molecule has 76 valence electrons. The van der Waals surface area contributed by atoms with Gasteiger partial charge in [0.15, 0.2) is 5.69 Å². The van der Waals surface area contributed by atoms with Crippen molar-refractivity contribution < 1.29 is 19.4 Å². The molecule has 1 aromatic heterocycles. The maximum atomic E-state index is 11.1. The summed E-state index contributed by atoms with van der Waals surface area (Å²) < 4.78 is 4.37. The number of pyridine rings is 1. The number of carboxylic acid groups (broad SMARTS) is 1. The summed E-state index contributed by atoms with van der Waals surface area (Å²) in [6.07, 6.45) is 0. The number of nitrogens with zero attached hydrogens (tertiary/aromatic N) is 2. The lowest BCUT2D eigenvalue weighted by Crippen LogP contribution is -2.08. The van der Waals surface area contributed by atoms with Crippen LogP contribution in [0, 0.1) is 11.3 Å². The van der Waals surface area contributed by atoms with E-state index in [-0.39, 0.29) is 17.0 Å². The van der Waals surface area contributed by atoms with E-state index in [1.54, 1.807) is 6.07 Å². The van der Waals surface area contributed by atoms with Crippen LogP contribution in [0.2, 0.25) is 0 Å². The molecule has 0 amide bonds. The Morgan fingerprint density at radius 2 is 2.20 bits per heavy atom. The fourth-order valence-electron chi connectivity index (χ4n) is 0.920. The van der Waals surface area contributed by atoms with Crippen molar-refractivity contribution in [3.63, 3.8) is 0 Å². The summed E-state index contributed by atoms with van der Waals surface area (Å²) in [6.45, 7) is 0. The quantitative estimate of drug-likeness (QED) is 0.704. The Balaban J connectivity index is 3.31. The van der Waals surface area contributed by atoms with Crippen molar-refractivity contribution in [2.24, 2.45) is 0 Å². The molecule has 1 rings (SSSR count). The van der Waals surface area contributed by atoms with E-state index in [9.17, 15) is 9.59 Å². The van der Waals surface area contributed by atoms with Crippen LogP contribution in [-0.2, 0) is 4.74 Å². The predicted octanol–water partition coefficient (Wildman–Crippen LogP) is 0.438. The Labute approximate surface area is 84.7 Å². The summed E-state index contributed by atoms with van der Waals surface area (Å²) >= 11 is 0. The normalized spacial score (nSPS) is 9.07. The molecular formula is C9H6N2O4. The molecule has 6 heteroatoms. The summed E-state index contributed by atoms with van der Waals surface area (Å²) in [5.41, 5.74) is -0.522. The summed E-state index contributed by atoms with van der Waals surface area (Å²) in [4.78, 5) is 25.3. The zero-order valence-corrected chi connectivity index (χ0v) is 7.72. The molecule has 0 saturated carbocycles. The second kappa shape index (κ2) is 4.19. The number of carbonyl (C=O) groups excluding carboxylic acids is 1. The van der Waals surface area contributed by atoms with Crippen LogP contribution in [0.25, 0.3) is 0 Å². The van der Waals surface area contributed by atoms with Gasteiger partial charge in [0.2, 0.25) is 0 Å². The molecule has 1 N–H and O–H groups in total. The molecule has 0 spiro atoms. The van der Waals surface area contributed by atoms with E-state index in [4.69, 9.17) is 10.4 Å². The summed E-state index contributed by atoms with van der Waals surface area (Å²) in [6, 6.07) is 3.79. The Kier molecular flexibility index (Phi) is 2.98. The zero-order chi connectivity index (χ0) is 11.4. The highest BCUT2D eigenvalue weighted by atomic mass is 16.5. The van der Waals surface area contributed by atoms with E-state index < -0.39 is 11.9 Å². The van der Waals surface area contributed by atoms with E-state index in [1.165, 1.54) is 0 Å². The van der Waals surface area contributed by atoms with E-state index in [2.05, 4.69) is 9.72 Å². The molecule has 1 aromatic rings. The van der Waals surface area contributed by atoms with Crippen LogP contribution in [-0.4, -0.2) is 29.1 Å². The largest absolute Gasteiger partial charge is 0.478 e. The second-order valence-electron chi connectivity index (χ2n) is 2.53. The topological polar surface area (TPSA) is 100 Å². The number of aromatic nitrogens is 1. The van der Waals surface area contributed by atoms with Gasteiger partial charge in [-0.25, -0.2) is 14.6 Å². The first-order valence-corrected chi connectivity index (χ1v) is 3.82. The fraction of sp³-hybridized carbons (Fsp3) is 0.111. The van der Waals surface area contributed by atoms with Crippen LogP contribution in [0.3, 0.4) is 0 Å². The molecule has 0 aliphatic heterocycles. The summed E-state index contributed by atoms with van der Waals surface area (Å²) in [5, 5.41) is 17.3. The van der Waals surface area contributed by atoms with Gasteiger partial charge in [0, 0.05) is 0 Å². The molecule has 6 nitrogen and oxygen atoms in total. The highest BCUT2D eigenvalue weighted by Crippen LogP contribution is 2.06. The number of esters is 1. The first-order chi connectivity index (χ1) is 7.08. The minimum Gasteiger partial charge on any atom is -0.478 e. The van der Waals surface area contributed by atoms with Crippen LogP contribution < -0.4 is 0 Å². The van der Waals surface area contributed by atoms with Gasteiger partial charge < -0.3 is 9.84 Å². The molecule has 0 aromatic carbocycles. The van der Waals surface area contributed by atoms with Crippen LogP contribution in [0.5, 0.6) is 0 Å². The van der Waals surface area contributed by atoms with E-state index in [0.29, 0.717) is 0 Å². The standard InChI is InChI=1S/C9H6N2O4/c1-15-9(14)7-3-5(8(12)13)2-6(4-10)11-7/h2-3H,1H3,(H,12,13). The average molecular weight is 206 g/mol. The number of hydrogen-bond acceptors (Lipinski definition) is 5. The highest BCUT2D eigenvalue weighted by Gasteiger charge is 2.13. The van der Waals surface area contributed by atoms with Crippen LogP contribution in [0.1, 0.15) is 26.5 Å². The van der Waals surface area contributed by atoms with Gasteiger partial charge >= 0.3 is 11.9 Å².